The molecule has 0 bridgehead atoms. The number of ketones is 3. The summed E-state index contributed by atoms with van der Waals surface area (Å²) in [6, 6.07) is -0.617. The Balaban J connectivity index is 0.000000372. The number of aliphatic hydroxyl groups is 20. The lowest BCUT2D eigenvalue weighted by atomic mass is 9.96. The van der Waals surface area contributed by atoms with Crippen molar-refractivity contribution in [2.75, 3.05) is 92.4 Å². The predicted molar refractivity (Wildman–Crippen MR) is 327 cm³/mol. The molecule has 43 nitrogen and oxygen atoms in total. The summed E-state index contributed by atoms with van der Waals surface area (Å²) in [5, 5.41) is 207. The van der Waals surface area contributed by atoms with E-state index in [9.17, 15) is 126 Å². The molecule has 2 amide bonds. The first-order chi connectivity index (χ1) is 48.5. The van der Waals surface area contributed by atoms with Crippen LogP contribution >= 0.6 is 0 Å². The molecule has 25 N–H and O–H groups in total. The minimum atomic E-state index is -1.92. The highest BCUT2D eigenvalue weighted by atomic mass is 16.8. The van der Waals surface area contributed by atoms with Gasteiger partial charge in [0.2, 0.25) is 5.91 Å². The van der Waals surface area contributed by atoms with Crippen molar-refractivity contribution in [1.82, 2.24) is 16.2 Å². The van der Waals surface area contributed by atoms with E-state index >= 15 is 0 Å². The summed E-state index contributed by atoms with van der Waals surface area (Å²) in [4.78, 5) is 59.8. The predicted octanol–water partition coefficient (Wildman–Crippen LogP) is -14.5. The van der Waals surface area contributed by atoms with Crippen LogP contribution in [0.2, 0.25) is 0 Å². The second kappa shape index (κ2) is 44.7. The number of aliphatic hydroxyl groups excluding tert-OH is 20. The first kappa shape index (κ1) is 89.1. The van der Waals surface area contributed by atoms with Crippen LogP contribution in [0.25, 0.3) is 0 Å². The molecular formula is C59H104N4O39. The quantitative estimate of drug-likeness (QED) is 0.0200. The minimum Gasteiger partial charge on any atom is -0.394 e. The maximum absolute atomic E-state index is 12.3. The molecule has 6 fully saturated rings. The number of unbranched alkanes of at least 4 members (excludes halogenated alkanes) is 1. The van der Waals surface area contributed by atoms with E-state index in [1.807, 2.05) is 6.92 Å². The molecule has 0 radical (unpaired) electrons. The Labute approximate surface area is 583 Å². The monoisotopic (exact) mass is 1490 g/mol. The highest BCUT2D eigenvalue weighted by molar-refractivity contribution is 5.83. The number of carbonyl (C=O) groups is 5. The Hall–Kier alpha value is -3.49. The number of hydrazine groups is 1. The molecule has 43 heteroatoms. The summed E-state index contributed by atoms with van der Waals surface area (Å²) in [6.07, 6.45) is -47.5. The van der Waals surface area contributed by atoms with Crippen LogP contribution in [-0.4, -0.2) is 414 Å². The second-order valence-electron chi connectivity index (χ2n) is 24.9. The molecule has 0 aromatic rings. The van der Waals surface area contributed by atoms with Gasteiger partial charge in [0.1, 0.15) is 179 Å². The molecule has 6 heterocycles. The Morgan fingerprint density at radius 1 is 0.412 bits per heavy atom. The van der Waals surface area contributed by atoms with Gasteiger partial charge in [0.05, 0.1) is 58.9 Å². The zero-order valence-corrected chi connectivity index (χ0v) is 56.0. The van der Waals surface area contributed by atoms with Gasteiger partial charge < -0.3 is 179 Å². The molecular weight excluding hydrogens is 1390 g/mol. The molecule has 6 rings (SSSR count). The summed E-state index contributed by atoms with van der Waals surface area (Å²) in [6.45, 7) is -2.85. The smallest absolute Gasteiger partial charge is 0.260 e. The van der Waals surface area contributed by atoms with Crippen LogP contribution in [-0.2, 0) is 90.3 Å². The number of Topliss-reactive ketones (excluding diaryl/α,β-unsaturated/α-hetero) is 3. The SMILES string of the molecule is CC(=O)[C@H](CCCCN)NNC(=O)COCC(=O)NCCO[C@@H]1O[C@H](CO[C@H]2O[C@H](CO)[C@@H](O)[C@H](O)[C@@H]2O)[C@@H](O)[C@H](O[C@H]2O[C@H](CO)[C@@H](O)[C@H](O)[C@@H]2O)[C@@H]1O.CCCC(=O)COCC(=O)CCCO[C@@H]1O[C@H](CO[C@H]2O[C@H](CO)[C@@H](O)[C@H](O)[C@@H]2O)[C@@H](O)[C@H](O[C@H]2O[C@H](CO)[C@@H](O)[C@H](O)[C@@H]2O)[C@@H]1O. The van der Waals surface area contributed by atoms with Gasteiger partial charge in [-0.1, -0.05) is 13.3 Å². The average Bonchev–Trinajstić information content (AvgIpc) is 0.792. The van der Waals surface area contributed by atoms with Crippen molar-refractivity contribution >= 4 is 29.2 Å². The lowest BCUT2D eigenvalue weighted by molar-refractivity contribution is -0.366. The van der Waals surface area contributed by atoms with Gasteiger partial charge in [-0.3, -0.25) is 29.4 Å². The van der Waals surface area contributed by atoms with E-state index in [4.69, 9.17) is 72.0 Å². The minimum absolute atomic E-state index is 0.0120. The summed E-state index contributed by atoms with van der Waals surface area (Å²) < 4.78 is 76.3. The van der Waals surface area contributed by atoms with Crippen molar-refractivity contribution in [2.24, 2.45) is 5.73 Å². The first-order valence-electron chi connectivity index (χ1n) is 33.2. The van der Waals surface area contributed by atoms with E-state index in [0.29, 0.717) is 38.6 Å². The molecule has 0 saturated carbocycles. The third-order valence-electron chi connectivity index (χ3n) is 17.0. The van der Waals surface area contributed by atoms with Crippen LogP contribution in [0.5, 0.6) is 0 Å². The molecule has 594 valence electrons. The van der Waals surface area contributed by atoms with Crippen molar-refractivity contribution in [3.63, 3.8) is 0 Å². The topological polar surface area (TPSA) is 681 Å². The van der Waals surface area contributed by atoms with E-state index in [-0.39, 0.29) is 63.2 Å². The second-order valence-corrected chi connectivity index (χ2v) is 24.9. The van der Waals surface area contributed by atoms with E-state index in [1.165, 1.54) is 6.92 Å². The van der Waals surface area contributed by atoms with E-state index < -0.39 is 255 Å². The fourth-order valence-electron chi connectivity index (χ4n) is 11.0. The summed E-state index contributed by atoms with van der Waals surface area (Å²) in [7, 11) is 0. The maximum atomic E-state index is 12.3. The van der Waals surface area contributed by atoms with Gasteiger partial charge in [-0.15, -0.1) is 0 Å². The summed E-state index contributed by atoms with van der Waals surface area (Å²) in [5.41, 5.74) is 10.4. The Morgan fingerprint density at radius 2 is 0.784 bits per heavy atom. The van der Waals surface area contributed by atoms with Crippen molar-refractivity contribution in [3.8, 4) is 0 Å². The van der Waals surface area contributed by atoms with Crippen molar-refractivity contribution in [1.29, 1.82) is 0 Å². The number of hydrogen-bond acceptors (Lipinski definition) is 41. The van der Waals surface area contributed by atoms with E-state index in [0.717, 1.165) is 0 Å². The lowest BCUT2D eigenvalue weighted by Crippen LogP contribution is -2.65. The fraction of sp³-hybridized carbons (Fsp3) is 0.915. The number of ether oxygens (including phenoxy) is 14. The maximum Gasteiger partial charge on any atom is 0.260 e. The zero-order chi connectivity index (χ0) is 75.7. The molecule has 0 aliphatic carbocycles. The molecule has 0 unspecified atom stereocenters. The van der Waals surface area contributed by atoms with Gasteiger partial charge in [0.15, 0.2) is 49.3 Å². The van der Waals surface area contributed by atoms with Crippen LogP contribution in [0.1, 0.15) is 58.8 Å². The molecule has 6 aliphatic heterocycles. The Kier molecular flexibility index (Phi) is 39.1. The van der Waals surface area contributed by atoms with Crippen LogP contribution < -0.4 is 21.9 Å². The normalized spacial score (nSPS) is 39.0. The summed E-state index contributed by atoms with van der Waals surface area (Å²) in [5.74, 6) is -1.93. The van der Waals surface area contributed by atoms with Crippen molar-refractivity contribution < 1.29 is 192 Å². The van der Waals surface area contributed by atoms with Gasteiger partial charge in [0, 0.05) is 19.4 Å². The number of hydrogen-bond donors (Lipinski definition) is 24. The molecule has 31 atom stereocenters. The molecule has 6 aliphatic rings. The van der Waals surface area contributed by atoms with Crippen molar-refractivity contribution in [3.05, 3.63) is 0 Å². The fourth-order valence-corrected chi connectivity index (χ4v) is 11.0. The van der Waals surface area contributed by atoms with Gasteiger partial charge in [-0.05, 0) is 39.2 Å². The van der Waals surface area contributed by atoms with Crippen molar-refractivity contribution in [2.45, 2.75) is 249 Å². The van der Waals surface area contributed by atoms with E-state index in [2.05, 4.69) is 16.2 Å². The molecule has 0 aromatic heterocycles. The standard InChI is InChI=1S/C31H56N4O20.C28H48O19/c1-13(38)14(4-2-3-5-32)34-35-19(40)12-49-11-18(39)33-6-7-50-30-27(48)28(55-31-26(47)24(45)21(42)16(9-37)53-31)22(43)17(54-30)10-51-29-25(46)23(44)20(41)15(8-36)52-29;1-2-4-12(31)9-41-10-13(32)5-3-6-42-27-24(40)25(47-28-23(39)21(37)18(34)15(8-30)45-28)19(35)16(46-27)11-43-26-22(38)20(36)17(33)14(7-29)44-26/h14-17,20-31,34,36-37,41-48H,2-12,32H2,1H3,(H,33,39)(H,35,40);14-30,33-40H,2-11H2,1H3/t14-,15+,16+,17+,20+,21+,22+,23-,24-,25-,26-,27-,28-,29-,30+,31+;14-,15-,16-,17-,18-,19-,20+,21+,22+,23+,24+,25+,26+,27-,28-/m01/s1. The highest BCUT2D eigenvalue weighted by Gasteiger charge is 2.55. The summed E-state index contributed by atoms with van der Waals surface area (Å²) >= 11 is 0. The Bertz CT molecular complexity index is 2450. The van der Waals surface area contributed by atoms with Gasteiger partial charge in [-0.2, -0.15) is 0 Å². The molecule has 0 spiro atoms. The van der Waals surface area contributed by atoms with Crippen LogP contribution in [0.3, 0.4) is 0 Å². The van der Waals surface area contributed by atoms with Crippen LogP contribution in [0.4, 0.5) is 0 Å². The largest absolute Gasteiger partial charge is 0.394 e. The number of nitrogens with two attached hydrogens (primary N) is 1. The highest BCUT2D eigenvalue weighted by Crippen LogP contribution is 2.34. The number of amides is 2. The van der Waals surface area contributed by atoms with Crippen LogP contribution in [0.15, 0.2) is 0 Å². The van der Waals surface area contributed by atoms with Gasteiger partial charge in [-0.25, -0.2) is 5.43 Å². The third kappa shape index (κ3) is 25.6. The molecule has 6 saturated heterocycles. The average molecular weight is 1490 g/mol. The number of carbonyl (C=O) groups excluding carboxylic acids is 5. The molecule has 0 aromatic carbocycles. The van der Waals surface area contributed by atoms with E-state index in [1.54, 1.807) is 0 Å². The third-order valence-corrected chi connectivity index (χ3v) is 17.0. The number of nitrogens with one attached hydrogen (secondary N) is 3. The number of rotatable bonds is 40. The van der Waals surface area contributed by atoms with Crippen LogP contribution in [0, 0.1) is 0 Å². The van der Waals surface area contributed by atoms with Gasteiger partial charge >= 0.3 is 0 Å². The zero-order valence-electron chi connectivity index (χ0n) is 56.0. The first-order valence-corrected chi connectivity index (χ1v) is 33.2. The lowest BCUT2D eigenvalue weighted by Gasteiger charge is -2.46. The Morgan fingerprint density at radius 3 is 1.20 bits per heavy atom. The molecule has 102 heavy (non-hydrogen) atoms. The van der Waals surface area contributed by atoms with Gasteiger partial charge in [0.25, 0.3) is 5.91 Å².